The number of amides is 1. The fourth-order valence-electron chi connectivity index (χ4n) is 7.68. The second kappa shape index (κ2) is 7.97. The Morgan fingerprint density at radius 2 is 1.85 bits per heavy atom. The molecule has 0 bridgehead atoms. The predicted molar refractivity (Wildman–Crippen MR) is 149 cm³/mol. The van der Waals surface area contributed by atoms with Gasteiger partial charge in [-0.25, -0.2) is 19.3 Å². The van der Waals surface area contributed by atoms with Crippen molar-refractivity contribution in [2.45, 2.75) is 38.0 Å². The van der Waals surface area contributed by atoms with E-state index in [1.54, 1.807) is 0 Å². The zero-order valence-corrected chi connectivity index (χ0v) is 23.2. The molecule has 3 aliphatic heterocycles. The predicted octanol–water partition coefficient (Wildman–Crippen LogP) is 4.52. The van der Waals surface area contributed by atoms with Gasteiger partial charge in [0.1, 0.15) is 11.5 Å². The van der Waals surface area contributed by atoms with Crippen molar-refractivity contribution in [1.82, 2.24) is 24.8 Å². The summed E-state index contributed by atoms with van der Waals surface area (Å²) < 4.78 is 15.0. The second-order valence-electron chi connectivity index (χ2n) is 12.7. The summed E-state index contributed by atoms with van der Waals surface area (Å²) in [4.78, 5) is 34.8. The van der Waals surface area contributed by atoms with Crippen molar-refractivity contribution < 1.29 is 9.18 Å². The van der Waals surface area contributed by atoms with Gasteiger partial charge in [0, 0.05) is 55.5 Å². The molecule has 0 radical (unpaired) electrons. The van der Waals surface area contributed by atoms with Crippen molar-refractivity contribution in [1.29, 1.82) is 0 Å². The molecule has 3 aromatic heterocycles. The average molecular weight is 546 g/mol. The molecule has 8 rings (SSSR count). The molecular formula is C29H32FN7OS. The van der Waals surface area contributed by atoms with Crippen molar-refractivity contribution >= 4 is 34.7 Å². The Bertz CT molecular complexity index is 1480. The first-order valence-electron chi connectivity index (χ1n) is 13.9. The molecular weight excluding hydrogens is 513 g/mol. The van der Waals surface area contributed by atoms with Crippen LogP contribution in [0.2, 0.25) is 0 Å². The van der Waals surface area contributed by atoms with Crippen LogP contribution in [0.4, 0.5) is 21.8 Å². The highest BCUT2D eigenvalue weighted by Gasteiger charge is 2.64. The molecule has 5 aliphatic rings. The minimum absolute atomic E-state index is 0.0117. The highest BCUT2D eigenvalue weighted by molar-refractivity contribution is 7.16. The zero-order chi connectivity index (χ0) is 26.6. The number of hydrogen-bond donors (Lipinski definition) is 1. The third kappa shape index (κ3) is 3.64. The molecule has 1 N–H and O–H groups in total. The number of likely N-dealkylation sites (N-methyl/N-ethyl adjacent to an activating group) is 1. The van der Waals surface area contributed by atoms with Gasteiger partial charge in [-0.2, -0.15) is 0 Å². The molecule has 4 fully saturated rings. The van der Waals surface area contributed by atoms with E-state index in [1.165, 1.54) is 43.5 Å². The first-order chi connectivity index (χ1) is 18.8. The Kier molecular flexibility index (Phi) is 4.86. The van der Waals surface area contributed by atoms with Crippen LogP contribution >= 0.6 is 11.3 Å². The number of aromatic nitrogens is 3. The number of hydrogen-bond acceptors (Lipinski definition) is 8. The van der Waals surface area contributed by atoms with Crippen LogP contribution in [0, 0.1) is 16.6 Å². The lowest BCUT2D eigenvalue weighted by Gasteiger charge is -2.61. The van der Waals surface area contributed by atoms with Crippen molar-refractivity contribution in [3.05, 3.63) is 46.9 Å². The van der Waals surface area contributed by atoms with Gasteiger partial charge in [0.05, 0.1) is 28.5 Å². The first kappa shape index (κ1) is 23.7. The maximum Gasteiger partial charge on any atom is 0.254 e. The molecule has 3 spiro atoms. The first-order valence-corrected chi connectivity index (χ1v) is 14.7. The summed E-state index contributed by atoms with van der Waals surface area (Å²) >= 11 is 1.53. The smallest absolute Gasteiger partial charge is 0.254 e. The van der Waals surface area contributed by atoms with E-state index in [1.807, 2.05) is 30.3 Å². The molecule has 0 atom stereocenters. The number of thiophene rings is 1. The summed E-state index contributed by atoms with van der Waals surface area (Å²) in [7, 11) is 1.88. The van der Waals surface area contributed by atoms with E-state index >= 15 is 4.39 Å². The van der Waals surface area contributed by atoms with Crippen molar-refractivity contribution in [3.63, 3.8) is 0 Å². The molecule has 2 saturated carbocycles. The Balaban J connectivity index is 1.01. The summed E-state index contributed by atoms with van der Waals surface area (Å²) in [6.07, 6.45) is 7.90. The molecule has 0 unspecified atom stereocenters. The van der Waals surface area contributed by atoms with Crippen molar-refractivity contribution in [3.8, 4) is 10.6 Å². The van der Waals surface area contributed by atoms with Crippen molar-refractivity contribution in [2.75, 3.05) is 56.5 Å². The number of rotatable bonds is 5. The van der Waals surface area contributed by atoms with Gasteiger partial charge >= 0.3 is 0 Å². The van der Waals surface area contributed by atoms with Gasteiger partial charge in [-0.05, 0) is 55.8 Å². The topological polar surface area (TPSA) is 77.5 Å². The van der Waals surface area contributed by atoms with Crippen LogP contribution in [-0.2, 0) is 5.41 Å². The summed E-state index contributed by atoms with van der Waals surface area (Å²) in [5.41, 5.74) is 3.01. The molecule has 2 aliphatic carbocycles. The van der Waals surface area contributed by atoms with Crippen LogP contribution in [0.5, 0.6) is 0 Å². The Labute approximate surface area is 231 Å². The van der Waals surface area contributed by atoms with E-state index in [0.717, 1.165) is 49.6 Å². The number of carbonyl (C=O) groups excluding carboxylic acids is 1. The Morgan fingerprint density at radius 1 is 1.05 bits per heavy atom. The summed E-state index contributed by atoms with van der Waals surface area (Å²) in [5, 5.41) is 3.13. The summed E-state index contributed by atoms with van der Waals surface area (Å²) in [6.45, 7) is 8.63. The van der Waals surface area contributed by atoms with Crippen LogP contribution in [-0.4, -0.2) is 77.0 Å². The highest BCUT2D eigenvalue weighted by Crippen LogP contribution is 2.70. The fraction of sp³-hybridized carbons (Fsp3) is 0.517. The number of likely N-dealkylation sites (tertiary alicyclic amines) is 1. The van der Waals surface area contributed by atoms with Crippen molar-refractivity contribution in [2.24, 2.45) is 10.8 Å². The van der Waals surface area contributed by atoms with Crippen LogP contribution < -0.4 is 10.2 Å². The number of pyridine rings is 1. The van der Waals surface area contributed by atoms with E-state index in [-0.39, 0.29) is 23.0 Å². The summed E-state index contributed by atoms with van der Waals surface area (Å²) in [5.74, 6) is 0.417. The van der Waals surface area contributed by atoms with Crippen LogP contribution in [0.3, 0.4) is 0 Å². The second-order valence-corrected chi connectivity index (χ2v) is 13.8. The quantitative estimate of drug-likeness (QED) is 0.505. The van der Waals surface area contributed by atoms with Crippen LogP contribution in [0.15, 0.2) is 30.6 Å². The van der Waals surface area contributed by atoms with E-state index in [9.17, 15) is 4.79 Å². The van der Waals surface area contributed by atoms with Gasteiger partial charge in [0.2, 0.25) is 5.95 Å². The lowest BCUT2D eigenvalue weighted by atomic mass is 9.57. The van der Waals surface area contributed by atoms with E-state index in [0.29, 0.717) is 27.1 Å². The minimum atomic E-state index is -0.492. The number of fused-ring (bicyclic) bond motifs is 2. The normalized spacial score (nSPS) is 23.4. The monoisotopic (exact) mass is 545 g/mol. The molecule has 1 amide bonds. The summed E-state index contributed by atoms with van der Waals surface area (Å²) in [6, 6.07) is 5.81. The zero-order valence-electron chi connectivity index (χ0n) is 22.3. The molecule has 39 heavy (non-hydrogen) atoms. The maximum absolute atomic E-state index is 15.0. The standard InChI is InChI=1S/C29H32FN7OS/c1-3-36-13-28(14-36)15-37(16-28)18-4-5-22(31-9-18)33-26-32-10-20(30)23(34-26)21-8-19-24(39-21)29(17-35(2)25(19)38)11-27(12-29)6-7-27/h4-5,8-10H,3,6-7,11-17H2,1-2H3,(H,31,32,33,34). The largest absolute Gasteiger partial charge is 0.369 e. The fourth-order valence-corrected chi connectivity index (χ4v) is 9.00. The van der Waals surface area contributed by atoms with Gasteiger partial charge in [-0.15, -0.1) is 11.3 Å². The third-order valence-electron chi connectivity index (χ3n) is 9.66. The van der Waals surface area contributed by atoms with E-state index < -0.39 is 5.82 Å². The maximum atomic E-state index is 15.0. The van der Waals surface area contributed by atoms with Crippen LogP contribution in [0.1, 0.15) is 47.8 Å². The van der Waals surface area contributed by atoms with Gasteiger partial charge in [-0.1, -0.05) is 6.92 Å². The molecule has 2 saturated heterocycles. The number of halogens is 1. The van der Waals surface area contributed by atoms with Crippen LogP contribution in [0.25, 0.3) is 10.6 Å². The Morgan fingerprint density at radius 3 is 2.54 bits per heavy atom. The average Bonchev–Trinajstić information content (AvgIpc) is 3.50. The molecule has 6 heterocycles. The third-order valence-corrected chi connectivity index (χ3v) is 11.1. The molecule has 10 heteroatoms. The lowest BCUT2D eigenvalue weighted by Crippen LogP contribution is -2.72. The SMILES string of the molecule is CCN1CC2(C1)CN(c1ccc(Nc3ncc(F)c(-c4cc5c(s4)C4(CN(C)C5=O)CC5(CC5)C4)n3)nc1)C2. The molecule has 202 valence electrons. The van der Waals surface area contributed by atoms with E-state index in [4.69, 9.17) is 0 Å². The van der Waals surface area contributed by atoms with Gasteiger partial charge in [0.25, 0.3) is 5.91 Å². The number of nitrogens with zero attached hydrogens (tertiary/aromatic N) is 6. The molecule has 0 aromatic carbocycles. The van der Waals surface area contributed by atoms with E-state index in [2.05, 4.69) is 43.1 Å². The van der Waals surface area contributed by atoms with Gasteiger partial charge in [-0.3, -0.25) is 4.79 Å². The van der Waals surface area contributed by atoms with Gasteiger partial charge < -0.3 is 20.0 Å². The number of carbonyl (C=O) groups is 1. The minimum Gasteiger partial charge on any atom is -0.369 e. The van der Waals surface area contributed by atoms with Gasteiger partial charge in [0.15, 0.2) is 5.82 Å². The molecule has 8 nitrogen and oxygen atoms in total. The lowest BCUT2D eigenvalue weighted by molar-refractivity contribution is -0.0178. The highest BCUT2D eigenvalue weighted by atomic mass is 32.1. The Hall–Kier alpha value is -3.11. The number of anilines is 3. The molecule has 3 aromatic rings. The number of nitrogens with one attached hydrogen (secondary N) is 1.